The summed E-state index contributed by atoms with van der Waals surface area (Å²) in [5, 5.41) is 11.7. The molecule has 0 fully saturated rings. The third kappa shape index (κ3) is 5.83. The molecule has 0 amide bonds. The first kappa shape index (κ1) is 23.1. The van der Waals surface area contributed by atoms with Crippen LogP contribution in [0.4, 0.5) is 5.69 Å². The molecule has 4 rings (SSSR count). The van der Waals surface area contributed by atoms with E-state index >= 15 is 0 Å². The van der Waals surface area contributed by atoms with Gasteiger partial charge in [-0.3, -0.25) is 0 Å². The molecule has 0 aliphatic carbocycles. The Bertz CT molecular complexity index is 1110. The highest BCUT2D eigenvalue weighted by atomic mass is 32.1. The summed E-state index contributed by atoms with van der Waals surface area (Å²) in [6.07, 6.45) is 2.99. The number of thiophene rings is 1. The number of ether oxygens (including phenoxy) is 2. The number of rotatable bonds is 9. The zero-order valence-corrected chi connectivity index (χ0v) is 19.8. The number of carboxylic acid groups (broad SMARTS) is 1. The number of anilines is 1. The van der Waals surface area contributed by atoms with Crippen LogP contribution in [0.3, 0.4) is 0 Å². The standard InChI is InChI=1S/C27H29NO4S/c1-3-14-31-19(2)32-24-9-6-20(7-10-24)21-8-11-26-23(16-21)17-22(27(29)30)12-13-28(26)18-25-5-4-15-33-25/h4-11,15-17,19H,3,12-14,18H2,1-2H3,(H,29,30). The van der Waals surface area contributed by atoms with Crippen LogP contribution in [0.2, 0.25) is 0 Å². The summed E-state index contributed by atoms with van der Waals surface area (Å²) >= 11 is 1.72. The first-order valence-electron chi connectivity index (χ1n) is 11.3. The summed E-state index contributed by atoms with van der Waals surface area (Å²) in [6, 6.07) is 18.4. The number of hydrogen-bond donors (Lipinski definition) is 1. The van der Waals surface area contributed by atoms with Crippen molar-refractivity contribution in [2.75, 3.05) is 18.1 Å². The van der Waals surface area contributed by atoms with Crippen molar-refractivity contribution >= 4 is 29.1 Å². The summed E-state index contributed by atoms with van der Waals surface area (Å²) in [5.74, 6) is -0.0995. The molecule has 1 aliphatic rings. The van der Waals surface area contributed by atoms with Crippen molar-refractivity contribution in [2.45, 2.75) is 39.5 Å². The molecule has 0 radical (unpaired) electrons. The second-order valence-electron chi connectivity index (χ2n) is 8.08. The van der Waals surface area contributed by atoms with Gasteiger partial charge in [0.2, 0.25) is 0 Å². The number of hydrogen-bond acceptors (Lipinski definition) is 5. The predicted octanol–water partition coefficient (Wildman–Crippen LogP) is 6.44. The fourth-order valence-electron chi connectivity index (χ4n) is 3.93. The minimum absolute atomic E-state index is 0.294. The van der Waals surface area contributed by atoms with Gasteiger partial charge < -0.3 is 19.5 Å². The largest absolute Gasteiger partial charge is 0.478 e. The molecule has 2 heterocycles. The van der Waals surface area contributed by atoms with E-state index in [2.05, 4.69) is 41.5 Å². The number of nitrogens with zero attached hydrogens (tertiary/aromatic N) is 1. The third-order valence-corrected chi connectivity index (χ3v) is 6.46. The van der Waals surface area contributed by atoms with Gasteiger partial charge in [-0.15, -0.1) is 11.3 Å². The zero-order valence-electron chi connectivity index (χ0n) is 19.0. The molecule has 2 aromatic carbocycles. The Morgan fingerprint density at radius 3 is 2.64 bits per heavy atom. The smallest absolute Gasteiger partial charge is 0.331 e. The van der Waals surface area contributed by atoms with Crippen molar-refractivity contribution in [3.63, 3.8) is 0 Å². The van der Waals surface area contributed by atoms with Crippen LogP contribution in [-0.4, -0.2) is 30.5 Å². The summed E-state index contributed by atoms with van der Waals surface area (Å²) in [6.45, 7) is 6.08. The highest BCUT2D eigenvalue weighted by Gasteiger charge is 2.20. The van der Waals surface area contributed by atoms with Gasteiger partial charge in [0.15, 0.2) is 6.29 Å². The van der Waals surface area contributed by atoms with E-state index in [0.29, 0.717) is 25.1 Å². The Kier molecular flexibility index (Phi) is 7.47. The number of benzene rings is 2. The van der Waals surface area contributed by atoms with Crippen molar-refractivity contribution in [3.05, 3.63) is 76.0 Å². The van der Waals surface area contributed by atoms with Crippen LogP contribution in [-0.2, 0) is 16.1 Å². The Morgan fingerprint density at radius 2 is 1.94 bits per heavy atom. The normalized spacial score (nSPS) is 14.2. The Labute approximate surface area is 198 Å². The molecular weight excluding hydrogens is 434 g/mol. The molecule has 0 spiro atoms. The number of fused-ring (bicyclic) bond motifs is 1. The van der Waals surface area contributed by atoms with Crippen molar-refractivity contribution in [1.82, 2.24) is 0 Å². The van der Waals surface area contributed by atoms with Gasteiger partial charge >= 0.3 is 5.97 Å². The van der Waals surface area contributed by atoms with Crippen LogP contribution in [0.15, 0.2) is 65.6 Å². The van der Waals surface area contributed by atoms with Crippen LogP contribution in [0.25, 0.3) is 17.2 Å². The second-order valence-corrected chi connectivity index (χ2v) is 9.11. The Balaban J connectivity index is 1.59. The molecule has 6 heteroatoms. The summed E-state index contributed by atoms with van der Waals surface area (Å²) in [4.78, 5) is 15.3. The van der Waals surface area contributed by atoms with E-state index < -0.39 is 5.97 Å². The lowest BCUT2D eigenvalue weighted by Gasteiger charge is -2.25. The van der Waals surface area contributed by atoms with E-state index in [1.54, 1.807) is 11.3 Å². The minimum atomic E-state index is -0.856. The lowest BCUT2D eigenvalue weighted by molar-refractivity contribution is -0.132. The van der Waals surface area contributed by atoms with Crippen molar-refractivity contribution in [1.29, 1.82) is 0 Å². The molecule has 1 atom stereocenters. The molecule has 1 aromatic heterocycles. The van der Waals surface area contributed by atoms with E-state index in [1.165, 1.54) is 4.88 Å². The second kappa shape index (κ2) is 10.7. The fraction of sp³-hybridized carbons (Fsp3) is 0.296. The van der Waals surface area contributed by atoms with Gasteiger partial charge in [0.1, 0.15) is 5.75 Å². The van der Waals surface area contributed by atoms with Crippen LogP contribution in [0.5, 0.6) is 5.75 Å². The summed E-state index contributed by atoms with van der Waals surface area (Å²) < 4.78 is 11.4. The van der Waals surface area contributed by atoms with Gasteiger partial charge in [-0.1, -0.05) is 31.2 Å². The van der Waals surface area contributed by atoms with Crippen LogP contribution in [0, 0.1) is 0 Å². The lowest BCUT2D eigenvalue weighted by Crippen LogP contribution is -2.24. The lowest BCUT2D eigenvalue weighted by atomic mass is 10.00. The maximum Gasteiger partial charge on any atom is 0.331 e. The predicted molar refractivity (Wildman–Crippen MR) is 134 cm³/mol. The molecular formula is C27H29NO4S. The van der Waals surface area contributed by atoms with E-state index in [0.717, 1.165) is 41.1 Å². The molecule has 0 saturated heterocycles. The van der Waals surface area contributed by atoms with Crippen molar-refractivity contribution in [3.8, 4) is 16.9 Å². The molecule has 172 valence electrons. The molecule has 5 nitrogen and oxygen atoms in total. The van der Waals surface area contributed by atoms with Gasteiger partial charge in [-0.25, -0.2) is 4.79 Å². The van der Waals surface area contributed by atoms with Crippen LogP contribution < -0.4 is 9.64 Å². The van der Waals surface area contributed by atoms with E-state index in [9.17, 15) is 9.90 Å². The average molecular weight is 464 g/mol. The number of carboxylic acids is 1. The molecule has 0 saturated carbocycles. The molecule has 0 bridgehead atoms. The van der Waals surface area contributed by atoms with Crippen LogP contribution in [0.1, 0.15) is 37.1 Å². The van der Waals surface area contributed by atoms with Crippen molar-refractivity contribution in [2.24, 2.45) is 0 Å². The van der Waals surface area contributed by atoms with Crippen LogP contribution >= 0.6 is 11.3 Å². The topological polar surface area (TPSA) is 59.0 Å². The van der Waals surface area contributed by atoms with E-state index in [1.807, 2.05) is 43.3 Å². The van der Waals surface area contributed by atoms with Gasteiger partial charge in [-0.05, 0) is 78.2 Å². The molecule has 1 unspecified atom stereocenters. The quantitative estimate of drug-likeness (QED) is 0.370. The van der Waals surface area contributed by atoms with E-state index in [4.69, 9.17) is 9.47 Å². The summed E-state index contributed by atoms with van der Waals surface area (Å²) in [7, 11) is 0. The Hall–Kier alpha value is -3.09. The zero-order chi connectivity index (χ0) is 23.2. The molecule has 1 N–H and O–H groups in total. The maximum absolute atomic E-state index is 11.8. The highest BCUT2D eigenvalue weighted by Crippen LogP contribution is 2.34. The van der Waals surface area contributed by atoms with Crippen molar-refractivity contribution < 1.29 is 19.4 Å². The number of carbonyl (C=O) groups is 1. The maximum atomic E-state index is 11.8. The molecule has 3 aromatic rings. The first-order chi connectivity index (χ1) is 16.0. The van der Waals surface area contributed by atoms with Gasteiger partial charge in [0.05, 0.1) is 13.2 Å². The highest BCUT2D eigenvalue weighted by molar-refractivity contribution is 7.09. The monoisotopic (exact) mass is 463 g/mol. The third-order valence-electron chi connectivity index (χ3n) is 5.60. The van der Waals surface area contributed by atoms with Gasteiger partial charge in [0, 0.05) is 22.7 Å². The number of aliphatic carboxylic acids is 1. The average Bonchev–Trinajstić information content (AvgIpc) is 3.26. The van der Waals surface area contributed by atoms with E-state index in [-0.39, 0.29) is 6.29 Å². The minimum Gasteiger partial charge on any atom is -0.478 e. The Morgan fingerprint density at radius 1 is 1.15 bits per heavy atom. The first-order valence-corrected chi connectivity index (χ1v) is 12.2. The molecule has 1 aliphatic heterocycles. The van der Waals surface area contributed by atoms with Gasteiger partial charge in [0.25, 0.3) is 0 Å². The van der Waals surface area contributed by atoms with Gasteiger partial charge in [-0.2, -0.15) is 0 Å². The SMILES string of the molecule is CCCOC(C)Oc1ccc(-c2ccc3c(c2)C=C(C(=O)O)CCN3Cc2cccs2)cc1. The molecule has 33 heavy (non-hydrogen) atoms. The summed E-state index contributed by atoms with van der Waals surface area (Å²) in [5.41, 5.74) is 4.51. The fourth-order valence-corrected chi connectivity index (χ4v) is 4.65.